The van der Waals surface area contributed by atoms with Crippen LogP contribution < -0.4 is 0 Å². The van der Waals surface area contributed by atoms with E-state index in [1.54, 1.807) is 0 Å². The lowest BCUT2D eigenvalue weighted by molar-refractivity contribution is 0.143. The molecule has 1 aromatic carbocycles. The van der Waals surface area contributed by atoms with Gasteiger partial charge >= 0.3 is 0 Å². The van der Waals surface area contributed by atoms with Crippen LogP contribution in [0.25, 0.3) is 0 Å². The lowest BCUT2D eigenvalue weighted by atomic mass is 10.1. The number of hydrogen-bond donors (Lipinski definition) is 1. The highest BCUT2D eigenvalue weighted by atomic mass is 35.5. The Labute approximate surface area is 118 Å². The Morgan fingerprint density at radius 2 is 2.28 bits per heavy atom. The standard InChI is InChI=1S/C14H20ClNOS/c1-11-10-16(8-9-18-11)7-6-14(17)12-4-2-3-5-13(12)15/h2-5,11,14,17H,6-10H2,1H3. The molecule has 1 aliphatic heterocycles. The molecule has 1 aromatic rings. The third kappa shape index (κ3) is 3.89. The van der Waals surface area contributed by atoms with E-state index in [-0.39, 0.29) is 0 Å². The molecule has 0 bridgehead atoms. The summed E-state index contributed by atoms with van der Waals surface area (Å²) in [5, 5.41) is 11.5. The van der Waals surface area contributed by atoms with E-state index in [0.717, 1.165) is 31.6 Å². The minimum Gasteiger partial charge on any atom is -0.388 e. The molecule has 1 N–H and O–H groups in total. The Morgan fingerprint density at radius 3 is 3.00 bits per heavy atom. The summed E-state index contributed by atoms with van der Waals surface area (Å²) in [7, 11) is 0. The van der Waals surface area contributed by atoms with Gasteiger partial charge in [0.15, 0.2) is 0 Å². The van der Waals surface area contributed by atoms with E-state index in [0.29, 0.717) is 10.3 Å². The second-order valence-corrected chi connectivity index (χ2v) is 6.76. The zero-order valence-electron chi connectivity index (χ0n) is 10.7. The quantitative estimate of drug-likeness (QED) is 0.919. The van der Waals surface area contributed by atoms with Crippen molar-refractivity contribution < 1.29 is 5.11 Å². The Kier molecular flexibility index (Phi) is 5.37. The molecule has 1 fully saturated rings. The average Bonchev–Trinajstić information content (AvgIpc) is 2.37. The van der Waals surface area contributed by atoms with E-state index in [2.05, 4.69) is 11.8 Å². The molecule has 1 aliphatic rings. The van der Waals surface area contributed by atoms with Gasteiger partial charge in [0, 0.05) is 35.7 Å². The van der Waals surface area contributed by atoms with Gasteiger partial charge in [0.2, 0.25) is 0 Å². The summed E-state index contributed by atoms with van der Waals surface area (Å²) in [6.07, 6.45) is 0.296. The number of hydrogen-bond acceptors (Lipinski definition) is 3. The number of halogens is 1. The van der Waals surface area contributed by atoms with Crippen LogP contribution in [0.1, 0.15) is 25.0 Å². The normalized spacial score (nSPS) is 22.9. The van der Waals surface area contributed by atoms with Crippen LogP contribution in [0.5, 0.6) is 0 Å². The van der Waals surface area contributed by atoms with Crippen molar-refractivity contribution in [2.24, 2.45) is 0 Å². The molecule has 0 radical (unpaired) electrons. The first-order valence-corrected chi connectivity index (χ1v) is 7.86. The van der Waals surface area contributed by atoms with E-state index in [1.165, 1.54) is 5.75 Å². The fraction of sp³-hybridized carbons (Fsp3) is 0.571. The fourth-order valence-corrected chi connectivity index (χ4v) is 3.64. The summed E-state index contributed by atoms with van der Waals surface area (Å²) < 4.78 is 0. The maximum atomic E-state index is 10.2. The largest absolute Gasteiger partial charge is 0.388 e. The van der Waals surface area contributed by atoms with Gasteiger partial charge in [-0.15, -0.1) is 0 Å². The van der Waals surface area contributed by atoms with Crippen molar-refractivity contribution in [3.05, 3.63) is 34.9 Å². The zero-order chi connectivity index (χ0) is 13.0. The summed E-state index contributed by atoms with van der Waals surface area (Å²) >= 11 is 8.12. The highest BCUT2D eigenvalue weighted by molar-refractivity contribution is 7.99. The van der Waals surface area contributed by atoms with E-state index in [4.69, 9.17) is 11.6 Å². The molecule has 1 saturated heterocycles. The molecule has 4 heteroatoms. The molecule has 18 heavy (non-hydrogen) atoms. The first-order chi connectivity index (χ1) is 8.66. The number of nitrogens with zero attached hydrogens (tertiary/aromatic N) is 1. The van der Waals surface area contributed by atoms with Gasteiger partial charge in [0.25, 0.3) is 0 Å². The smallest absolute Gasteiger partial charge is 0.0816 e. The Hall–Kier alpha value is -0.220. The topological polar surface area (TPSA) is 23.5 Å². The highest BCUT2D eigenvalue weighted by Crippen LogP contribution is 2.26. The van der Waals surface area contributed by atoms with Gasteiger partial charge in [-0.25, -0.2) is 0 Å². The van der Waals surface area contributed by atoms with E-state index >= 15 is 0 Å². The Bertz CT molecular complexity index is 388. The maximum Gasteiger partial charge on any atom is 0.0816 e. The van der Waals surface area contributed by atoms with Gasteiger partial charge in [-0.05, 0) is 18.1 Å². The van der Waals surface area contributed by atoms with Gasteiger partial charge in [0.05, 0.1) is 6.10 Å². The van der Waals surface area contributed by atoms with Crippen LogP contribution in [-0.2, 0) is 0 Å². The molecule has 2 nitrogen and oxygen atoms in total. The summed E-state index contributed by atoms with van der Waals surface area (Å²) in [5.74, 6) is 1.20. The van der Waals surface area contributed by atoms with Crippen LogP contribution in [0.2, 0.25) is 5.02 Å². The van der Waals surface area contributed by atoms with E-state index in [9.17, 15) is 5.11 Å². The van der Waals surface area contributed by atoms with Crippen molar-refractivity contribution in [1.29, 1.82) is 0 Å². The van der Waals surface area contributed by atoms with E-state index in [1.807, 2.05) is 36.0 Å². The van der Waals surface area contributed by atoms with Crippen LogP contribution in [-0.4, -0.2) is 40.6 Å². The molecule has 2 unspecified atom stereocenters. The van der Waals surface area contributed by atoms with Gasteiger partial charge in [-0.1, -0.05) is 36.7 Å². The lowest BCUT2D eigenvalue weighted by Gasteiger charge is -2.31. The summed E-state index contributed by atoms with van der Waals surface area (Å²) in [6, 6.07) is 7.55. The molecular weight excluding hydrogens is 266 g/mol. The molecule has 100 valence electrons. The second-order valence-electron chi connectivity index (χ2n) is 4.81. The highest BCUT2D eigenvalue weighted by Gasteiger charge is 2.18. The summed E-state index contributed by atoms with van der Waals surface area (Å²) in [6.45, 7) is 5.46. The van der Waals surface area contributed by atoms with Crippen LogP contribution in [0.3, 0.4) is 0 Å². The van der Waals surface area contributed by atoms with Crippen molar-refractivity contribution >= 4 is 23.4 Å². The third-order valence-electron chi connectivity index (χ3n) is 3.31. The summed E-state index contributed by atoms with van der Waals surface area (Å²) in [5.41, 5.74) is 0.846. The van der Waals surface area contributed by atoms with E-state index < -0.39 is 6.10 Å². The van der Waals surface area contributed by atoms with Crippen molar-refractivity contribution in [2.75, 3.05) is 25.4 Å². The number of thioether (sulfide) groups is 1. The fourth-order valence-electron chi connectivity index (χ4n) is 2.30. The Balaban J connectivity index is 1.84. The first kappa shape index (κ1) is 14.2. The van der Waals surface area contributed by atoms with Crippen molar-refractivity contribution in [3.8, 4) is 0 Å². The molecule has 0 aliphatic carbocycles. The third-order valence-corrected chi connectivity index (χ3v) is 4.79. The predicted molar refractivity (Wildman–Crippen MR) is 79.4 cm³/mol. The number of rotatable bonds is 4. The molecule has 1 heterocycles. The molecule has 0 aromatic heterocycles. The molecule has 0 spiro atoms. The predicted octanol–water partition coefficient (Wildman–Crippen LogP) is 3.20. The van der Waals surface area contributed by atoms with Gasteiger partial charge in [-0.3, -0.25) is 0 Å². The number of aliphatic hydroxyl groups excluding tert-OH is 1. The molecule has 2 rings (SSSR count). The monoisotopic (exact) mass is 285 g/mol. The lowest BCUT2D eigenvalue weighted by Crippen LogP contribution is -2.37. The van der Waals surface area contributed by atoms with Gasteiger partial charge < -0.3 is 10.0 Å². The molecule has 0 amide bonds. The number of aliphatic hydroxyl groups is 1. The van der Waals surface area contributed by atoms with Crippen LogP contribution in [0.15, 0.2) is 24.3 Å². The minimum atomic E-state index is -0.455. The zero-order valence-corrected chi connectivity index (χ0v) is 12.3. The number of benzene rings is 1. The summed E-state index contributed by atoms with van der Waals surface area (Å²) in [4.78, 5) is 2.43. The molecule has 0 saturated carbocycles. The van der Waals surface area contributed by atoms with Crippen molar-refractivity contribution in [3.63, 3.8) is 0 Å². The van der Waals surface area contributed by atoms with Gasteiger partial charge in [0.1, 0.15) is 0 Å². The van der Waals surface area contributed by atoms with Crippen LogP contribution >= 0.6 is 23.4 Å². The molecular formula is C14H20ClNOS. The van der Waals surface area contributed by atoms with Crippen molar-refractivity contribution in [2.45, 2.75) is 24.7 Å². The first-order valence-electron chi connectivity index (χ1n) is 6.43. The maximum absolute atomic E-state index is 10.2. The SMILES string of the molecule is CC1CN(CCC(O)c2ccccc2Cl)CCS1. The van der Waals surface area contributed by atoms with Crippen LogP contribution in [0, 0.1) is 0 Å². The molecule has 2 atom stereocenters. The minimum absolute atomic E-state index is 0.455. The average molecular weight is 286 g/mol. The van der Waals surface area contributed by atoms with Gasteiger partial charge in [-0.2, -0.15) is 11.8 Å². The van der Waals surface area contributed by atoms with Crippen LogP contribution in [0.4, 0.5) is 0 Å². The van der Waals surface area contributed by atoms with Crippen molar-refractivity contribution in [1.82, 2.24) is 4.90 Å². The second kappa shape index (κ2) is 6.80. The Morgan fingerprint density at radius 1 is 1.50 bits per heavy atom.